The van der Waals surface area contributed by atoms with Crippen LogP contribution in [0.15, 0.2) is 16.6 Å². The second-order valence-corrected chi connectivity index (χ2v) is 5.20. The van der Waals surface area contributed by atoms with Crippen LogP contribution in [0.4, 0.5) is 4.39 Å². The first-order valence-electron chi connectivity index (χ1n) is 5.15. The number of aliphatic hydroxyl groups is 1. The summed E-state index contributed by atoms with van der Waals surface area (Å²) in [6, 6.07) is 2.69. The molecular weight excluding hydrogens is 296 g/mol. The quantitative estimate of drug-likeness (QED) is 0.823. The van der Waals surface area contributed by atoms with Gasteiger partial charge in [0.1, 0.15) is 5.82 Å². The van der Waals surface area contributed by atoms with Crippen LogP contribution in [0.5, 0.6) is 0 Å². The molecule has 2 N–H and O–H groups in total. The lowest BCUT2D eigenvalue weighted by atomic mass is 10.0. The van der Waals surface area contributed by atoms with E-state index in [0.717, 1.165) is 19.4 Å². The molecule has 1 heterocycles. The highest BCUT2D eigenvalue weighted by molar-refractivity contribution is 9.10. The SMILES string of the molecule is OC(c1cc(Cl)c(Br)cc1F)C1CCCN1. The highest BCUT2D eigenvalue weighted by Crippen LogP contribution is 2.31. The third kappa shape index (κ3) is 2.40. The Labute approximate surface area is 107 Å². The molecule has 0 bridgehead atoms. The van der Waals surface area contributed by atoms with Crippen molar-refractivity contribution in [2.45, 2.75) is 25.0 Å². The molecule has 1 fully saturated rings. The maximum atomic E-state index is 13.7. The Hall–Kier alpha value is -0.160. The Bertz CT molecular complexity index is 396. The molecule has 0 amide bonds. The van der Waals surface area contributed by atoms with Crippen LogP contribution >= 0.6 is 27.5 Å². The Morgan fingerprint density at radius 1 is 1.56 bits per heavy atom. The van der Waals surface area contributed by atoms with E-state index in [1.807, 2.05) is 0 Å². The van der Waals surface area contributed by atoms with Gasteiger partial charge >= 0.3 is 0 Å². The normalized spacial score (nSPS) is 22.4. The van der Waals surface area contributed by atoms with Crippen LogP contribution in [0.3, 0.4) is 0 Å². The van der Waals surface area contributed by atoms with Gasteiger partial charge < -0.3 is 10.4 Å². The third-order valence-electron chi connectivity index (χ3n) is 2.84. The Kier molecular flexibility index (Phi) is 3.85. The molecule has 1 saturated heterocycles. The number of hydrogen-bond donors (Lipinski definition) is 2. The molecule has 0 aliphatic carbocycles. The van der Waals surface area contributed by atoms with Crippen LogP contribution in [0.25, 0.3) is 0 Å². The van der Waals surface area contributed by atoms with Gasteiger partial charge in [-0.15, -0.1) is 0 Å². The highest BCUT2D eigenvalue weighted by Gasteiger charge is 2.26. The van der Waals surface area contributed by atoms with E-state index in [2.05, 4.69) is 21.2 Å². The molecule has 0 spiro atoms. The highest BCUT2D eigenvalue weighted by atomic mass is 79.9. The van der Waals surface area contributed by atoms with Crippen molar-refractivity contribution in [3.05, 3.63) is 33.0 Å². The molecule has 0 saturated carbocycles. The number of hydrogen-bond acceptors (Lipinski definition) is 2. The summed E-state index contributed by atoms with van der Waals surface area (Å²) in [4.78, 5) is 0. The van der Waals surface area contributed by atoms with Crippen molar-refractivity contribution in [3.63, 3.8) is 0 Å². The van der Waals surface area contributed by atoms with E-state index < -0.39 is 11.9 Å². The summed E-state index contributed by atoms with van der Waals surface area (Å²) < 4.78 is 14.2. The zero-order valence-corrected chi connectivity index (χ0v) is 10.9. The van der Waals surface area contributed by atoms with Gasteiger partial charge in [0.15, 0.2) is 0 Å². The minimum Gasteiger partial charge on any atom is -0.387 e. The van der Waals surface area contributed by atoms with E-state index in [1.165, 1.54) is 12.1 Å². The van der Waals surface area contributed by atoms with Gasteiger partial charge in [-0.2, -0.15) is 0 Å². The van der Waals surface area contributed by atoms with Gasteiger partial charge in [-0.3, -0.25) is 0 Å². The van der Waals surface area contributed by atoms with E-state index in [9.17, 15) is 9.50 Å². The fourth-order valence-corrected chi connectivity index (χ4v) is 2.45. The maximum absolute atomic E-state index is 13.7. The predicted octanol–water partition coefficient (Wildman–Crippen LogP) is 3.03. The molecule has 2 nitrogen and oxygen atoms in total. The fraction of sp³-hybridized carbons (Fsp3) is 0.455. The van der Waals surface area contributed by atoms with Crippen molar-refractivity contribution in [2.24, 2.45) is 0 Å². The van der Waals surface area contributed by atoms with E-state index >= 15 is 0 Å². The smallest absolute Gasteiger partial charge is 0.130 e. The van der Waals surface area contributed by atoms with E-state index in [-0.39, 0.29) is 11.6 Å². The predicted molar refractivity (Wildman–Crippen MR) is 65.1 cm³/mol. The zero-order chi connectivity index (χ0) is 11.7. The van der Waals surface area contributed by atoms with E-state index in [0.29, 0.717) is 9.50 Å². The standard InChI is InChI=1S/C11H12BrClFNO/c12-7-5-9(14)6(4-8(7)13)11(16)10-2-1-3-15-10/h4-5,10-11,15-16H,1-3H2. The molecule has 0 radical (unpaired) electrons. The van der Waals surface area contributed by atoms with Gasteiger partial charge in [-0.25, -0.2) is 4.39 Å². The monoisotopic (exact) mass is 307 g/mol. The summed E-state index contributed by atoms with van der Waals surface area (Å²) in [6.07, 6.45) is 1.02. The van der Waals surface area contributed by atoms with Crippen molar-refractivity contribution >= 4 is 27.5 Å². The zero-order valence-electron chi connectivity index (χ0n) is 8.51. The number of halogens is 3. The van der Waals surface area contributed by atoms with Crippen molar-refractivity contribution in [2.75, 3.05) is 6.54 Å². The molecule has 2 rings (SSSR count). The number of rotatable bonds is 2. The van der Waals surface area contributed by atoms with Gasteiger partial charge in [0.25, 0.3) is 0 Å². The number of benzene rings is 1. The molecule has 1 aliphatic rings. The minimum absolute atomic E-state index is 0.0771. The molecule has 1 aromatic carbocycles. The van der Waals surface area contributed by atoms with Gasteiger partial charge in [-0.1, -0.05) is 11.6 Å². The van der Waals surface area contributed by atoms with Gasteiger partial charge in [0.05, 0.1) is 11.1 Å². The molecule has 88 valence electrons. The molecule has 5 heteroatoms. The number of nitrogens with one attached hydrogen (secondary N) is 1. The second-order valence-electron chi connectivity index (χ2n) is 3.94. The summed E-state index contributed by atoms with van der Waals surface area (Å²) in [5, 5.41) is 13.6. The molecule has 1 aromatic rings. The molecule has 0 aromatic heterocycles. The molecule has 2 atom stereocenters. The largest absolute Gasteiger partial charge is 0.387 e. The summed E-state index contributed by atoms with van der Waals surface area (Å²) in [7, 11) is 0. The molecule has 2 unspecified atom stereocenters. The Morgan fingerprint density at radius 3 is 2.94 bits per heavy atom. The topological polar surface area (TPSA) is 32.3 Å². The van der Waals surface area contributed by atoms with Gasteiger partial charge in [-0.05, 0) is 47.4 Å². The van der Waals surface area contributed by atoms with Crippen LogP contribution in [0.1, 0.15) is 24.5 Å². The van der Waals surface area contributed by atoms with Crippen LogP contribution in [0, 0.1) is 5.82 Å². The Morgan fingerprint density at radius 2 is 2.31 bits per heavy atom. The lowest BCUT2D eigenvalue weighted by Gasteiger charge is -2.19. The summed E-state index contributed by atoms with van der Waals surface area (Å²) >= 11 is 9.04. The first-order valence-corrected chi connectivity index (χ1v) is 6.32. The van der Waals surface area contributed by atoms with E-state index in [1.54, 1.807) is 0 Å². The van der Waals surface area contributed by atoms with Gasteiger partial charge in [0, 0.05) is 16.1 Å². The maximum Gasteiger partial charge on any atom is 0.130 e. The second kappa shape index (κ2) is 5.00. The van der Waals surface area contributed by atoms with Gasteiger partial charge in [0.2, 0.25) is 0 Å². The Balaban J connectivity index is 2.28. The van der Waals surface area contributed by atoms with Crippen LogP contribution < -0.4 is 5.32 Å². The molecule has 1 aliphatic heterocycles. The van der Waals surface area contributed by atoms with Crippen LogP contribution in [-0.2, 0) is 0 Å². The van der Waals surface area contributed by atoms with Crippen molar-refractivity contribution in [1.29, 1.82) is 0 Å². The van der Waals surface area contributed by atoms with Crippen molar-refractivity contribution in [3.8, 4) is 0 Å². The third-order valence-corrected chi connectivity index (χ3v) is 4.03. The average Bonchev–Trinajstić information content (AvgIpc) is 2.75. The average molecular weight is 309 g/mol. The minimum atomic E-state index is -0.840. The van der Waals surface area contributed by atoms with Crippen molar-refractivity contribution < 1.29 is 9.50 Å². The summed E-state index contributed by atoms with van der Waals surface area (Å²) in [6.45, 7) is 0.869. The lowest BCUT2D eigenvalue weighted by Crippen LogP contribution is -2.29. The fourth-order valence-electron chi connectivity index (χ4n) is 1.96. The molecule has 16 heavy (non-hydrogen) atoms. The summed E-state index contributed by atoms with van der Waals surface area (Å²) in [5.74, 6) is -0.433. The first kappa shape index (κ1) is 12.3. The lowest BCUT2D eigenvalue weighted by molar-refractivity contribution is 0.133. The molecular formula is C11H12BrClFNO. The van der Waals surface area contributed by atoms with E-state index in [4.69, 9.17) is 11.6 Å². The summed E-state index contributed by atoms with van der Waals surface area (Å²) in [5.41, 5.74) is 0.257. The number of aliphatic hydroxyl groups excluding tert-OH is 1. The van der Waals surface area contributed by atoms with Crippen LogP contribution in [0.2, 0.25) is 5.02 Å². The first-order chi connectivity index (χ1) is 7.59. The van der Waals surface area contributed by atoms with Crippen LogP contribution in [-0.4, -0.2) is 17.7 Å². The van der Waals surface area contributed by atoms with Crippen molar-refractivity contribution in [1.82, 2.24) is 5.32 Å².